The van der Waals surface area contributed by atoms with E-state index in [1.165, 1.54) is 31.2 Å². The van der Waals surface area contributed by atoms with E-state index >= 15 is 0 Å². The van der Waals surface area contributed by atoms with E-state index in [-0.39, 0.29) is 0 Å². The molecule has 2 rings (SSSR count). The summed E-state index contributed by atoms with van der Waals surface area (Å²) < 4.78 is 11.0. The Morgan fingerprint density at radius 1 is 1.30 bits per heavy atom. The van der Waals surface area contributed by atoms with Crippen LogP contribution in [-0.2, 0) is 9.53 Å². The summed E-state index contributed by atoms with van der Waals surface area (Å²) in [5.41, 5.74) is 0.462. The van der Waals surface area contributed by atoms with Gasteiger partial charge in [-0.3, -0.25) is 9.59 Å². The molecule has 0 radical (unpaired) electrons. The lowest BCUT2D eigenvalue weighted by Crippen LogP contribution is -2.65. The number of nitrogens with one attached hydrogen (secondary N) is 1. The molecule has 8 nitrogen and oxygen atoms in total. The molecular formula is C15H19NO7. The Morgan fingerprint density at radius 3 is 2.48 bits per heavy atom. The number of aliphatic hydroxyl groups excluding tert-OH is 3. The molecule has 4 N–H and O–H groups in total. The van der Waals surface area contributed by atoms with Crippen LogP contribution in [0.3, 0.4) is 0 Å². The summed E-state index contributed by atoms with van der Waals surface area (Å²) in [4.78, 5) is 21.9. The first kappa shape index (κ1) is 17.4. The van der Waals surface area contributed by atoms with Gasteiger partial charge in [-0.05, 0) is 24.3 Å². The molecule has 1 aliphatic heterocycles. The number of ether oxygens (including phenoxy) is 2. The van der Waals surface area contributed by atoms with E-state index in [0.717, 1.165) is 0 Å². The van der Waals surface area contributed by atoms with E-state index in [1.54, 1.807) is 0 Å². The highest BCUT2D eigenvalue weighted by Crippen LogP contribution is 2.24. The Labute approximate surface area is 132 Å². The van der Waals surface area contributed by atoms with Crippen LogP contribution in [0.5, 0.6) is 5.75 Å². The maximum absolute atomic E-state index is 11.3. The molecule has 1 aliphatic rings. The molecule has 1 heterocycles. The number of rotatable bonds is 5. The van der Waals surface area contributed by atoms with Crippen LogP contribution in [-0.4, -0.2) is 64.8 Å². The number of aldehydes is 1. The summed E-state index contributed by atoms with van der Waals surface area (Å²) in [5.74, 6) is -0.0894. The fourth-order valence-corrected chi connectivity index (χ4v) is 2.33. The topological polar surface area (TPSA) is 125 Å². The fourth-order valence-electron chi connectivity index (χ4n) is 2.33. The van der Waals surface area contributed by atoms with Gasteiger partial charge in [-0.25, -0.2) is 0 Å². The molecule has 5 atom stereocenters. The van der Waals surface area contributed by atoms with Gasteiger partial charge in [0.05, 0.1) is 6.61 Å². The van der Waals surface area contributed by atoms with E-state index in [9.17, 15) is 24.9 Å². The average molecular weight is 325 g/mol. The zero-order chi connectivity index (χ0) is 17.0. The third kappa shape index (κ3) is 4.05. The first-order valence-corrected chi connectivity index (χ1v) is 7.07. The molecule has 23 heavy (non-hydrogen) atoms. The number of carbonyl (C=O) groups excluding carboxylic acids is 2. The number of amides is 1. The lowest BCUT2D eigenvalue weighted by Gasteiger charge is -2.42. The van der Waals surface area contributed by atoms with Crippen molar-refractivity contribution >= 4 is 12.2 Å². The zero-order valence-corrected chi connectivity index (χ0v) is 12.5. The van der Waals surface area contributed by atoms with Crippen molar-refractivity contribution in [1.82, 2.24) is 5.32 Å². The second-order valence-electron chi connectivity index (χ2n) is 5.24. The van der Waals surface area contributed by atoms with Gasteiger partial charge >= 0.3 is 0 Å². The molecule has 8 heteroatoms. The summed E-state index contributed by atoms with van der Waals surface area (Å²) in [5, 5.41) is 31.7. The summed E-state index contributed by atoms with van der Waals surface area (Å²) in [7, 11) is 0. The Kier molecular flexibility index (Phi) is 5.67. The first-order chi connectivity index (χ1) is 11.0. The molecule has 0 aliphatic carbocycles. The predicted octanol–water partition coefficient (Wildman–Crippen LogP) is -1.18. The molecule has 0 aromatic heterocycles. The molecule has 1 aromatic carbocycles. The van der Waals surface area contributed by atoms with Crippen molar-refractivity contribution in [3.8, 4) is 5.75 Å². The SMILES string of the molecule is CC(=O)N[C@@H]1[C@@H](Oc2ccc(C=O)cc2)O[C@H](CO)[C@H](O)[C@H]1O. The highest BCUT2D eigenvalue weighted by molar-refractivity contribution is 5.75. The third-order valence-electron chi connectivity index (χ3n) is 3.52. The van der Waals surface area contributed by atoms with Gasteiger partial charge in [-0.2, -0.15) is 0 Å². The fraction of sp³-hybridized carbons (Fsp3) is 0.467. The van der Waals surface area contributed by atoms with Gasteiger partial charge in [0.25, 0.3) is 0 Å². The van der Waals surface area contributed by atoms with Crippen LogP contribution in [0.4, 0.5) is 0 Å². The molecule has 1 amide bonds. The van der Waals surface area contributed by atoms with E-state index in [0.29, 0.717) is 17.6 Å². The van der Waals surface area contributed by atoms with E-state index in [2.05, 4.69) is 5.32 Å². The third-order valence-corrected chi connectivity index (χ3v) is 3.52. The summed E-state index contributed by atoms with van der Waals surface area (Å²) in [6.45, 7) is 0.738. The van der Waals surface area contributed by atoms with Crippen molar-refractivity contribution in [1.29, 1.82) is 0 Å². The lowest BCUT2D eigenvalue weighted by molar-refractivity contribution is -0.244. The summed E-state index contributed by atoms with van der Waals surface area (Å²) in [6, 6.07) is 5.11. The molecule has 126 valence electrons. The molecule has 0 unspecified atom stereocenters. The van der Waals surface area contributed by atoms with Crippen LogP contribution >= 0.6 is 0 Å². The molecule has 1 fully saturated rings. The number of hydrogen-bond donors (Lipinski definition) is 4. The van der Waals surface area contributed by atoms with Gasteiger partial charge in [0, 0.05) is 12.5 Å². The predicted molar refractivity (Wildman–Crippen MR) is 77.8 cm³/mol. The van der Waals surface area contributed by atoms with Crippen LogP contribution in [0, 0.1) is 0 Å². The second kappa shape index (κ2) is 7.51. The standard InChI is InChI=1S/C15H19NO7/c1-8(19)16-12-14(21)13(20)11(7-18)23-15(12)22-10-4-2-9(6-17)3-5-10/h2-6,11-15,18,20-21H,7H2,1H3,(H,16,19)/t11-,12+,13+,14+,15+/m1/s1. The monoisotopic (exact) mass is 325 g/mol. The second-order valence-corrected chi connectivity index (χ2v) is 5.24. The maximum atomic E-state index is 11.3. The van der Waals surface area contributed by atoms with Crippen molar-refractivity contribution in [2.45, 2.75) is 37.6 Å². The Hall–Kier alpha value is -2.00. The smallest absolute Gasteiger partial charge is 0.223 e. The number of benzene rings is 1. The molecule has 0 bridgehead atoms. The van der Waals surface area contributed by atoms with Crippen LogP contribution in [0.15, 0.2) is 24.3 Å². The summed E-state index contributed by atoms with van der Waals surface area (Å²) >= 11 is 0. The number of aliphatic hydroxyl groups is 3. The molecule has 0 spiro atoms. The van der Waals surface area contributed by atoms with Crippen molar-refractivity contribution < 1.29 is 34.4 Å². The van der Waals surface area contributed by atoms with Crippen molar-refractivity contribution in [3.05, 3.63) is 29.8 Å². The first-order valence-electron chi connectivity index (χ1n) is 7.07. The molecule has 1 aromatic rings. The van der Waals surface area contributed by atoms with Crippen molar-refractivity contribution in [3.63, 3.8) is 0 Å². The van der Waals surface area contributed by atoms with Gasteiger partial charge in [-0.1, -0.05) is 0 Å². The van der Waals surface area contributed by atoms with Gasteiger partial charge < -0.3 is 30.1 Å². The Bertz CT molecular complexity index is 547. The van der Waals surface area contributed by atoms with Crippen LogP contribution in [0.25, 0.3) is 0 Å². The minimum absolute atomic E-state index is 0.344. The van der Waals surface area contributed by atoms with Gasteiger partial charge in [0.2, 0.25) is 12.2 Å². The highest BCUT2D eigenvalue weighted by atomic mass is 16.7. The Balaban J connectivity index is 2.19. The zero-order valence-electron chi connectivity index (χ0n) is 12.5. The van der Waals surface area contributed by atoms with E-state index < -0.39 is 43.2 Å². The molecule has 1 saturated heterocycles. The average Bonchev–Trinajstić information content (AvgIpc) is 2.54. The van der Waals surface area contributed by atoms with Crippen LogP contribution in [0.2, 0.25) is 0 Å². The minimum Gasteiger partial charge on any atom is -0.463 e. The maximum Gasteiger partial charge on any atom is 0.223 e. The normalized spacial score (nSPS) is 30.5. The van der Waals surface area contributed by atoms with Gasteiger partial charge in [0.15, 0.2) is 0 Å². The highest BCUT2D eigenvalue weighted by Gasteiger charge is 2.46. The lowest BCUT2D eigenvalue weighted by atomic mass is 9.97. The van der Waals surface area contributed by atoms with Gasteiger partial charge in [0.1, 0.15) is 36.4 Å². The van der Waals surface area contributed by atoms with E-state index in [1.807, 2.05) is 0 Å². The molecular weight excluding hydrogens is 306 g/mol. The quantitative estimate of drug-likeness (QED) is 0.502. The largest absolute Gasteiger partial charge is 0.463 e. The Morgan fingerprint density at radius 2 is 1.96 bits per heavy atom. The number of carbonyl (C=O) groups is 2. The van der Waals surface area contributed by atoms with Gasteiger partial charge in [-0.15, -0.1) is 0 Å². The van der Waals surface area contributed by atoms with E-state index in [4.69, 9.17) is 9.47 Å². The summed E-state index contributed by atoms with van der Waals surface area (Å²) in [6.07, 6.45) is -4.22. The minimum atomic E-state index is -1.37. The van der Waals surface area contributed by atoms with Crippen molar-refractivity contribution in [2.24, 2.45) is 0 Å². The molecule has 0 saturated carbocycles. The van der Waals surface area contributed by atoms with Crippen LogP contribution < -0.4 is 10.1 Å². The van der Waals surface area contributed by atoms with Crippen molar-refractivity contribution in [2.75, 3.05) is 6.61 Å². The van der Waals surface area contributed by atoms with Crippen LogP contribution in [0.1, 0.15) is 17.3 Å². The number of hydrogen-bond acceptors (Lipinski definition) is 7.